The maximum absolute atomic E-state index is 11.1. The summed E-state index contributed by atoms with van der Waals surface area (Å²) in [5, 5.41) is 37.9. The summed E-state index contributed by atoms with van der Waals surface area (Å²) in [6.45, 7) is 0. The van der Waals surface area contributed by atoms with E-state index in [4.69, 9.17) is 5.11 Å². The second kappa shape index (κ2) is 13.5. The Bertz CT molecular complexity index is 1420. The average molecular weight is 555 g/mol. The lowest BCUT2D eigenvalue weighted by Crippen LogP contribution is -2.40. The van der Waals surface area contributed by atoms with Crippen LogP contribution in [0.25, 0.3) is 28.5 Å². The van der Waals surface area contributed by atoms with Crippen molar-refractivity contribution in [3.8, 4) is 40.0 Å². The normalized spacial score (nSPS) is 16.1. The molecule has 0 unspecified atom stereocenters. The molecule has 2 fully saturated rings. The van der Waals surface area contributed by atoms with Crippen LogP contribution in [0.15, 0.2) is 72.8 Å². The summed E-state index contributed by atoms with van der Waals surface area (Å²) < 4.78 is 1.50. The molecule has 4 N–H and O–H groups in total. The molecule has 1 aromatic heterocycles. The Morgan fingerprint density at radius 2 is 1.22 bits per heavy atom. The lowest BCUT2D eigenvalue weighted by atomic mass is 9.91. The zero-order valence-corrected chi connectivity index (χ0v) is 23.2. The SMILES string of the molecule is C1CCC(NC2CCCCC2)CC1.O=C(O)c1ccc(-n2nc(-c3ccccc3O)nc2-c2ccccc2O)cc1. The predicted molar refractivity (Wildman–Crippen MR) is 159 cm³/mol. The minimum atomic E-state index is -1.03. The fourth-order valence-electron chi connectivity index (χ4n) is 5.72. The molecule has 8 nitrogen and oxygen atoms in total. The van der Waals surface area contributed by atoms with Crippen LogP contribution in [0.4, 0.5) is 0 Å². The van der Waals surface area contributed by atoms with Crippen molar-refractivity contribution in [1.82, 2.24) is 20.1 Å². The monoisotopic (exact) mass is 554 g/mol. The number of aromatic carboxylic acids is 1. The fourth-order valence-corrected chi connectivity index (χ4v) is 5.72. The number of phenols is 2. The number of hydrogen-bond donors (Lipinski definition) is 4. The van der Waals surface area contributed by atoms with E-state index >= 15 is 0 Å². The predicted octanol–water partition coefficient (Wildman–Crippen LogP) is 6.95. The lowest BCUT2D eigenvalue weighted by Gasteiger charge is -2.30. The van der Waals surface area contributed by atoms with E-state index in [0.29, 0.717) is 22.6 Å². The largest absolute Gasteiger partial charge is 0.507 e. The van der Waals surface area contributed by atoms with Crippen molar-refractivity contribution in [1.29, 1.82) is 0 Å². The number of hydrogen-bond acceptors (Lipinski definition) is 6. The number of nitrogens with zero attached hydrogens (tertiary/aromatic N) is 3. The summed E-state index contributed by atoms with van der Waals surface area (Å²) in [6.07, 6.45) is 14.6. The van der Waals surface area contributed by atoms with Gasteiger partial charge in [0.15, 0.2) is 11.6 Å². The van der Waals surface area contributed by atoms with E-state index in [0.717, 1.165) is 12.1 Å². The smallest absolute Gasteiger partial charge is 0.335 e. The van der Waals surface area contributed by atoms with Crippen LogP contribution in [-0.4, -0.2) is 48.1 Å². The van der Waals surface area contributed by atoms with Gasteiger partial charge in [0.2, 0.25) is 0 Å². The average Bonchev–Trinajstić information content (AvgIpc) is 3.44. The van der Waals surface area contributed by atoms with E-state index < -0.39 is 5.97 Å². The van der Waals surface area contributed by atoms with Gasteiger partial charge in [-0.05, 0) is 74.2 Å². The standard InChI is InChI=1S/C21H15N3O4.C12H23N/c25-17-7-3-1-5-15(17)19-22-20(16-6-2-4-8-18(16)26)24(23-19)14-11-9-13(10-12-14)21(27)28;1-3-7-11(8-4-1)13-12-9-5-2-6-10-12/h1-12,25-26H,(H,27,28);11-13H,1-10H2. The zero-order valence-electron chi connectivity index (χ0n) is 23.2. The van der Waals surface area contributed by atoms with Crippen LogP contribution in [0.2, 0.25) is 0 Å². The summed E-state index contributed by atoms with van der Waals surface area (Å²) in [4.78, 5) is 15.6. The van der Waals surface area contributed by atoms with E-state index in [1.54, 1.807) is 54.6 Å². The molecule has 0 radical (unpaired) electrons. The molecule has 6 rings (SSSR count). The van der Waals surface area contributed by atoms with Gasteiger partial charge < -0.3 is 20.6 Å². The molecule has 2 aliphatic rings. The third-order valence-electron chi connectivity index (χ3n) is 7.94. The third kappa shape index (κ3) is 7.13. The van der Waals surface area contributed by atoms with Crippen molar-refractivity contribution < 1.29 is 20.1 Å². The number of benzene rings is 3. The second-order valence-electron chi connectivity index (χ2n) is 10.9. The van der Waals surface area contributed by atoms with E-state index in [1.807, 2.05) is 0 Å². The first kappa shape index (κ1) is 28.4. The molecular weight excluding hydrogens is 516 g/mol. The highest BCUT2D eigenvalue weighted by Gasteiger charge is 2.20. The maximum Gasteiger partial charge on any atom is 0.335 e. The number of rotatable bonds is 6. The van der Waals surface area contributed by atoms with Gasteiger partial charge in [-0.3, -0.25) is 0 Å². The molecule has 0 spiro atoms. The molecular formula is C33H38N4O4. The van der Waals surface area contributed by atoms with Crippen LogP contribution in [-0.2, 0) is 0 Å². The van der Waals surface area contributed by atoms with Crippen LogP contribution < -0.4 is 5.32 Å². The van der Waals surface area contributed by atoms with Crippen molar-refractivity contribution in [3.63, 3.8) is 0 Å². The Balaban J connectivity index is 0.000000216. The number of carboxylic acid groups (broad SMARTS) is 1. The number of carboxylic acids is 1. The summed E-state index contributed by atoms with van der Waals surface area (Å²) in [7, 11) is 0. The number of nitrogens with one attached hydrogen (secondary N) is 1. The molecule has 1 heterocycles. The number of phenolic OH excluding ortho intramolecular Hbond substituents is 2. The Morgan fingerprint density at radius 3 is 1.73 bits per heavy atom. The molecule has 2 saturated carbocycles. The quantitative estimate of drug-likeness (QED) is 0.203. The van der Waals surface area contributed by atoms with Gasteiger partial charge in [0.25, 0.3) is 0 Å². The van der Waals surface area contributed by atoms with Crippen molar-refractivity contribution >= 4 is 5.97 Å². The minimum absolute atomic E-state index is 0.0298. The zero-order chi connectivity index (χ0) is 28.6. The van der Waals surface area contributed by atoms with Gasteiger partial charge >= 0.3 is 5.97 Å². The van der Waals surface area contributed by atoms with Crippen molar-refractivity contribution in [2.45, 2.75) is 76.3 Å². The molecule has 3 aromatic carbocycles. The van der Waals surface area contributed by atoms with Crippen LogP contribution in [0.5, 0.6) is 11.5 Å². The van der Waals surface area contributed by atoms with E-state index in [1.165, 1.54) is 87.1 Å². The lowest BCUT2D eigenvalue weighted by molar-refractivity contribution is 0.0697. The molecule has 4 aromatic rings. The van der Waals surface area contributed by atoms with Gasteiger partial charge in [0.1, 0.15) is 11.5 Å². The third-order valence-corrected chi connectivity index (χ3v) is 7.94. The molecule has 0 saturated heterocycles. The van der Waals surface area contributed by atoms with Gasteiger partial charge in [0.05, 0.1) is 22.4 Å². The van der Waals surface area contributed by atoms with Gasteiger partial charge in [-0.2, -0.15) is 0 Å². The van der Waals surface area contributed by atoms with Gasteiger partial charge in [-0.1, -0.05) is 62.8 Å². The summed E-state index contributed by atoms with van der Waals surface area (Å²) in [5.74, 6) is -0.328. The second-order valence-corrected chi connectivity index (χ2v) is 10.9. The summed E-state index contributed by atoms with van der Waals surface area (Å²) in [5.41, 5.74) is 1.62. The number of aromatic hydroxyl groups is 2. The van der Waals surface area contributed by atoms with Gasteiger partial charge in [-0.15, -0.1) is 5.10 Å². The molecule has 8 heteroatoms. The molecule has 0 atom stereocenters. The first-order valence-electron chi connectivity index (χ1n) is 14.6. The van der Waals surface area contributed by atoms with E-state index in [9.17, 15) is 15.0 Å². The Morgan fingerprint density at radius 1 is 0.707 bits per heavy atom. The molecule has 0 amide bonds. The highest BCUT2D eigenvalue weighted by molar-refractivity contribution is 5.87. The highest BCUT2D eigenvalue weighted by Crippen LogP contribution is 2.33. The maximum atomic E-state index is 11.1. The number of aromatic nitrogens is 3. The topological polar surface area (TPSA) is 121 Å². The fraction of sp³-hybridized carbons (Fsp3) is 0.364. The first-order chi connectivity index (χ1) is 20.0. The van der Waals surface area contributed by atoms with Crippen molar-refractivity contribution in [2.75, 3.05) is 0 Å². The van der Waals surface area contributed by atoms with E-state index in [2.05, 4.69) is 15.4 Å². The Hall–Kier alpha value is -4.17. The molecule has 214 valence electrons. The van der Waals surface area contributed by atoms with Crippen LogP contribution >= 0.6 is 0 Å². The van der Waals surface area contributed by atoms with Crippen molar-refractivity contribution in [3.05, 3.63) is 78.4 Å². The number of carbonyl (C=O) groups is 1. The number of para-hydroxylation sites is 2. The minimum Gasteiger partial charge on any atom is -0.507 e. The Labute approximate surface area is 240 Å². The van der Waals surface area contributed by atoms with Crippen LogP contribution in [0.3, 0.4) is 0 Å². The van der Waals surface area contributed by atoms with Crippen molar-refractivity contribution in [2.24, 2.45) is 0 Å². The van der Waals surface area contributed by atoms with Crippen LogP contribution in [0.1, 0.15) is 74.6 Å². The van der Waals surface area contributed by atoms with E-state index in [-0.39, 0.29) is 22.9 Å². The first-order valence-corrected chi connectivity index (χ1v) is 14.6. The summed E-state index contributed by atoms with van der Waals surface area (Å²) >= 11 is 0. The highest BCUT2D eigenvalue weighted by atomic mass is 16.4. The Kier molecular flexibility index (Phi) is 9.31. The van der Waals surface area contributed by atoms with Gasteiger partial charge in [-0.25, -0.2) is 14.5 Å². The summed E-state index contributed by atoms with van der Waals surface area (Å²) in [6, 6.07) is 21.3. The molecule has 0 bridgehead atoms. The van der Waals surface area contributed by atoms with Gasteiger partial charge in [0, 0.05) is 12.1 Å². The molecule has 2 aliphatic carbocycles. The molecule has 41 heavy (non-hydrogen) atoms. The molecule has 0 aliphatic heterocycles. The van der Waals surface area contributed by atoms with Crippen LogP contribution in [0, 0.1) is 0 Å².